The second kappa shape index (κ2) is 6.00. The van der Waals surface area contributed by atoms with Crippen molar-refractivity contribution in [2.45, 2.75) is 38.3 Å². The summed E-state index contributed by atoms with van der Waals surface area (Å²) >= 11 is 3.80. The molecule has 18 heavy (non-hydrogen) atoms. The minimum Gasteiger partial charge on any atom is -0.290 e. The third kappa shape index (κ3) is 2.85. The molecule has 1 aliphatic heterocycles. The van der Waals surface area contributed by atoms with Gasteiger partial charge in [0.15, 0.2) is 0 Å². The van der Waals surface area contributed by atoms with Crippen LogP contribution in [0.1, 0.15) is 41.5 Å². The molecule has 0 saturated carbocycles. The van der Waals surface area contributed by atoms with Gasteiger partial charge in [0.2, 0.25) is 0 Å². The van der Waals surface area contributed by atoms with Crippen LogP contribution in [0.15, 0.2) is 35.0 Å². The standard InChI is InChI=1S/C15H19NS2/c1-2-7-14(15-8-5-11-18-15)16(9-3-1)12-13-6-4-10-17-13/h4-6,8,10-11,14H,1-3,7,9,12H2. The molecule has 0 N–H and O–H groups in total. The monoisotopic (exact) mass is 277 g/mol. The van der Waals surface area contributed by atoms with Gasteiger partial charge >= 0.3 is 0 Å². The molecule has 1 saturated heterocycles. The van der Waals surface area contributed by atoms with E-state index in [2.05, 4.69) is 39.9 Å². The van der Waals surface area contributed by atoms with Crippen molar-refractivity contribution in [3.05, 3.63) is 44.8 Å². The SMILES string of the molecule is c1csc(CN2CCCCCC2c2cccs2)c1. The van der Waals surface area contributed by atoms with Gasteiger partial charge in [-0.1, -0.05) is 25.0 Å². The quantitative estimate of drug-likeness (QED) is 0.769. The number of nitrogens with zero attached hydrogens (tertiary/aromatic N) is 1. The Morgan fingerprint density at radius 3 is 2.72 bits per heavy atom. The van der Waals surface area contributed by atoms with Gasteiger partial charge in [0.05, 0.1) is 0 Å². The number of thiophene rings is 2. The Morgan fingerprint density at radius 2 is 1.94 bits per heavy atom. The van der Waals surface area contributed by atoms with E-state index >= 15 is 0 Å². The van der Waals surface area contributed by atoms with Crippen LogP contribution in [0.4, 0.5) is 0 Å². The van der Waals surface area contributed by atoms with Crippen molar-refractivity contribution in [3.8, 4) is 0 Å². The molecular formula is C15H19NS2. The zero-order valence-corrected chi connectivity index (χ0v) is 12.2. The Kier molecular flexibility index (Phi) is 4.13. The van der Waals surface area contributed by atoms with Crippen molar-refractivity contribution < 1.29 is 0 Å². The summed E-state index contributed by atoms with van der Waals surface area (Å²) in [5, 5.41) is 4.40. The number of hydrogen-bond acceptors (Lipinski definition) is 3. The van der Waals surface area contributed by atoms with E-state index in [4.69, 9.17) is 0 Å². The third-order valence-corrected chi connectivity index (χ3v) is 5.51. The zero-order chi connectivity index (χ0) is 12.2. The van der Waals surface area contributed by atoms with E-state index in [9.17, 15) is 0 Å². The highest BCUT2D eigenvalue weighted by atomic mass is 32.1. The third-order valence-electron chi connectivity index (χ3n) is 3.67. The fourth-order valence-corrected chi connectivity index (χ4v) is 4.39. The van der Waals surface area contributed by atoms with Crippen molar-refractivity contribution in [1.29, 1.82) is 0 Å². The van der Waals surface area contributed by atoms with Gasteiger partial charge in [-0.2, -0.15) is 0 Å². The van der Waals surface area contributed by atoms with Gasteiger partial charge in [-0.15, -0.1) is 22.7 Å². The number of rotatable bonds is 3. The van der Waals surface area contributed by atoms with Crippen LogP contribution in [0.3, 0.4) is 0 Å². The highest BCUT2D eigenvalue weighted by Gasteiger charge is 2.23. The predicted octanol–water partition coefficient (Wildman–Crippen LogP) is 4.93. The molecule has 96 valence electrons. The van der Waals surface area contributed by atoms with Crippen molar-refractivity contribution >= 4 is 22.7 Å². The maximum absolute atomic E-state index is 2.69. The molecule has 3 rings (SSSR count). The summed E-state index contributed by atoms with van der Waals surface area (Å²) in [7, 11) is 0. The Hall–Kier alpha value is -0.640. The average Bonchev–Trinajstić information content (AvgIpc) is 3.02. The molecule has 0 aromatic carbocycles. The summed E-state index contributed by atoms with van der Waals surface area (Å²) in [6, 6.07) is 9.57. The highest BCUT2D eigenvalue weighted by Crippen LogP contribution is 2.34. The van der Waals surface area contributed by atoms with Crippen LogP contribution < -0.4 is 0 Å². The fourth-order valence-electron chi connectivity index (χ4n) is 2.76. The van der Waals surface area contributed by atoms with Crippen LogP contribution >= 0.6 is 22.7 Å². The molecule has 3 heterocycles. The van der Waals surface area contributed by atoms with Crippen LogP contribution in [0, 0.1) is 0 Å². The van der Waals surface area contributed by atoms with Crippen molar-refractivity contribution in [2.75, 3.05) is 6.54 Å². The second-order valence-corrected chi connectivity index (χ2v) is 6.94. The lowest BCUT2D eigenvalue weighted by Gasteiger charge is -2.28. The normalized spacial score (nSPS) is 21.9. The van der Waals surface area contributed by atoms with Gasteiger partial charge in [0, 0.05) is 22.3 Å². The van der Waals surface area contributed by atoms with E-state index in [0.29, 0.717) is 6.04 Å². The summed E-state index contributed by atoms with van der Waals surface area (Å²) in [5.41, 5.74) is 0. The predicted molar refractivity (Wildman–Crippen MR) is 80.3 cm³/mol. The topological polar surface area (TPSA) is 3.24 Å². The molecule has 0 aliphatic carbocycles. The van der Waals surface area contributed by atoms with Crippen LogP contribution in [0.2, 0.25) is 0 Å². The molecule has 2 aromatic heterocycles. The van der Waals surface area contributed by atoms with Crippen LogP contribution in [-0.2, 0) is 6.54 Å². The van der Waals surface area contributed by atoms with E-state index in [1.165, 1.54) is 37.1 Å². The van der Waals surface area contributed by atoms with Crippen LogP contribution in [0.25, 0.3) is 0 Å². The van der Waals surface area contributed by atoms with Gasteiger partial charge in [0.25, 0.3) is 0 Å². The largest absolute Gasteiger partial charge is 0.290 e. The molecule has 1 aliphatic rings. The van der Waals surface area contributed by atoms with Gasteiger partial charge < -0.3 is 0 Å². The summed E-state index contributed by atoms with van der Waals surface area (Å²) in [6.07, 6.45) is 5.45. The Morgan fingerprint density at radius 1 is 1.06 bits per heavy atom. The number of likely N-dealkylation sites (tertiary alicyclic amines) is 1. The average molecular weight is 277 g/mol. The molecule has 3 heteroatoms. The van der Waals surface area contributed by atoms with Crippen molar-refractivity contribution in [2.24, 2.45) is 0 Å². The maximum atomic E-state index is 2.69. The molecule has 0 bridgehead atoms. The zero-order valence-electron chi connectivity index (χ0n) is 10.5. The summed E-state index contributed by atoms with van der Waals surface area (Å²) < 4.78 is 0. The highest BCUT2D eigenvalue weighted by molar-refractivity contribution is 7.10. The minimum absolute atomic E-state index is 0.648. The molecule has 1 fully saturated rings. The molecule has 1 atom stereocenters. The first-order valence-corrected chi connectivity index (χ1v) is 8.49. The van der Waals surface area contributed by atoms with E-state index in [1.807, 2.05) is 22.7 Å². The van der Waals surface area contributed by atoms with E-state index in [-0.39, 0.29) is 0 Å². The molecule has 0 spiro atoms. The minimum atomic E-state index is 0.648. The Bertz CT molecular complexity index is 447. The first kappa shape index (κ1) is 12.4. The molecule has 1 unspecified atom stereocenters. The van der Waals surface area contributed by atoms with Crippen LogP contribution in [-0.4, -0.2) is 11.4 Å². The fraction of sp³-hybridized carbons (Fsp3) is 0.467. The lowest BCUT2D eigenvalue weighted by Crippen LogP contribution is -2.27. The van der Waals surface area contributed by atoms with Gasteiger partial charge in [-0.25, -0.2) is 0 Å². The first-order chi connectivity index (χ1) is 8.93. The van der Waals surface area contributed by atoms with Crippen molar-refractivity contribution in [3.63, 3.8) is 0 Å². The van der Waals surface area contributed by atoms with Crippen molar-refractivity contribution in [1.82, 2.24) is 4.90 Å². The summed E-state index contributed by atoms with van der Waals surface area (Å²) in [4.78, 5) is 5.73. The lowest BCUT2D eigenvalue weighted by atomic mass is 10.1. The molecule has 1 nitrogen and oxygen atoms in total. The molecule has 0 amide bonds. The Labute approximate surface area is 117 Å². The lowest BCUT2D eigenvalue weighted by molar-refractivity contribution is 0.197. The van der Waals surface area contributed by atoms with Crippen LogP contribution in [0.5, 0.6) is 0 Å². The first-order valence-electron chi connectivity index (χ1n) is 6.73. The van der Waals surface area contributed by atoms with Gasteiger partial charge in [-0.05, 0) is 42.3 Å². The summed E-state index contributed by atoms with van der Waals surface area (Å²) in [6.45, 7) is 2.38. The molecular weight excluding hydrogens is 258 g/mol. The second-order valence-electron chi connectivity index (χ2n) is 4.93. The van der Waals surface area contributed by atoms with E-state index in [1.54, 1.807) is 4.88 Å². The van der Waals surface area contributed by atoms with Gasteiger partial charge in [0.1, 0.15) is 0 Å². The smallest absolute Gasteiger partial charge is 0.0445 e. The Balaban J connectivity index is 1.78. The van der Waals surface area contributed by atoms with Gasteiger partial charge in [-0.3, -0.25) is 4.90 Å². The van der Waals surface area contributed by atoms with E-state index in [0.717, 1.165) is 6.54 Å². The maximum Gasteiger partial charge on any atom is 0.0445 e. The van der Waals surface area contributed by atoms with E-state index < -0.39 is 0 Å². The summed E-state index contributed by atoms with van der Waals surface area (Å²) in [5.74, 6) is 0. The number of hydrogen-bond donors (Lipinski definition) is 0. The molecule has 2 aromatic rings. The molecule has 0 radical (unpaired) electrons.